The summed E-state index contributed by atoms with van der Waals surface area (Å²) in [6.45, 7) is 0. The van der Waals surface area contributed by atoms with Crippen LogP contribution in [-0.4, -0.2) is 14.8 Å². The summed E-state index contributed by atoms with van der Waals surface area (Å²) in [5.41, 5.74) is 1.21. The molecule has 0 aromatic carbocycles. The predicted molar refractivity (Wildman–Crippen MR) is 74.8 cm³/mol. The second-order valence-electron chi connectivity index (χ2n) is 2.90. The van der Waals surface area contributed by atoms with Gasteiger partial charge in [0, 0.05) is 21.2 Å². The Labute approximate surface area is 118 Å². The van der Waals surface area contributed by atoms with E-state index >= 15 is 0 Å². The molecule has 0 amide bonds. The lowest BCUT2D eigenvalue weighted by molar-refractivity contribution is 0.582. The highest BCUT2D eigenvalue weighted by Crippen LogP contribution is 2.19. The molecular weight excluding hydrogens is 376 g/mol. The lowest BCUT2D eigenvalue weighted by atomic mass is 10.4. The predicted octanol–water partition coefficient (Wildman–Crippen LogP) is 3.45. The molecule has 0 aliphatic carbocycles. The molecule has 86 valence electrons. The first-order valence-electron chi connectivity index (χ1n) is 4.36. The van der Waals surface area contributed by atoms with Crippen LogP contribution in [0.1, 0.15) is 5.56 Å². The molecule has 0 aliphatic rings. The van der Waals surface area contributed by atoms with Gasteiger partial charge in [0.1, 0.15) is 5.15 Å². The molecule has 0 unspecified atom stereocenters. The number of pyridine rings is 1. The maximum absolute atomic E-state index is 12.7. The van der Waals surface area contributed by atoms with E-state index in [1.165, 1.54) is 25.9 Å². The number of rotatable bonds is 1. The van der Waals surface area contributed by atoms with Crippen LogP contribution in [0.25, 0.3) is 5.69 Å². The Morgan fingerprint density at radius 3 is 2.88 bits per heavy atom. The van der Waals surface area contributed by atoms with Gasteiger partial charge in [-0.2, -0.15) is 9.49 Å². The average molecular weight is 380 g/mol. The number of halogens is 3. The maximum atomic E-state index is 12.7. The third-order valence-corrected chi connectivity index (χ3v) is 3.09. The van der Waals surface area contributed by atoms with Gasteiger partial charge in [-0.05, 0) is 32.2 Å². The largest absolute Gasteiger partial charge is 0.226 e. The van der Waals surface area contributed by atoms with Crippen LogP contribution in [-0.2, 0) is 0 Å². The molecule has 0 radical (unpaired) electrons. The zero-order chi connectivity index (χ0) is 12.3. The van der Waals surface area contributed by atoms with Gasteiger partial charge in [0.05, 0.1) is 23.6 Å². The lowest BCUT2D eigenvalue weighted by Crippen LogP contribution is -1.97. The molecule has 3 nitrogen and oxygen atoms in total. The Hall–Kier alpha value is -0.780. The molecule has 0 bridgehead atoms. The minimum atomic E-state index is -0.543. The summed E-state index contributed by atoms with van der Waals surface area (Å²) >= 11 is 8.17. The van der Waals surface area contributed by atoms with Crippen LogP contribution in [0.15, 0.2) is 24.5 Å². The van der Waals surface area contributed by atoms with Crippen molar-refractivity contribution in [1.29, 1.82) is 0 Å². The third kappa shape index (κ3) is 2.91. The molecule has 0 fully saturated rings. The summed E-state index contributed by atoms with van der Waals surface area (Å²) in [5.74, 6) is 2.32. The summed E-state index contributed by atoms with van der Waals surface area (Å²) < 4.78 is 14.1. The highest BCUT2D eigenvalue weighted by atomic mass is 127. The Morgan fingerprint density at radius 2 is 2.24 bits per heavy atom. The summed E-state index contributed by atoms with van der Waals surface area (Å²) in [4.78, 5) is 3.54. The molecule has 0 spiro atoms. The zero-order valence-corrected chi connectivity index (χ0v) is 11.9. The quantitative estimate of drug-likeness (QED) is 0.432. The number of aromatic nitrogens is 3. The Morgan fingerprint density at radius 1 is 1.41 bits per heavy atom. The van der Waals surface area contributed by atoms with E-state index in [1.54, 1.807) is 12.3 Å². The molecule has 7 heteroatoms. The van der Waals surface area contributed by atoms with Crippen LogP contribution in [0.5, 0.6) is 0 Å². The molecule has 0 saturated carbocycles. The van der Waals surface area contributed by atoms with E-state index in [0.717, 1.165) is 0 Å². The standard InChI is InChI=1S/C10H4ClFIN3S/c11-10-7(3-4-17-13)5-15-16(10)8-1-2-9(12)14-6-8/h1-2,5-6H. The van der Waals surface area contributed by atoms with Crippen LogP contribution in [0.2, 0.25) is 5.15 Å². The van der Waals surface area contributed by atoms with E-state index in [2.05, 4.69) is 42.5 Å². The van der Waals surface area contributed by atoms with E-state index < -0.39 is 5.95 Å². The van der Waals surface area contributed by atoms with Crippen molar-refractivity contribution < 1.29 is 4.39 Å². The molecule has 17 heavy (non-hydrogen) atoms. The highest BCUT2D eigenvalue weighted by molar-refractivity contribution is 14.2. The first kappa shape index (κ1) is 12.7. The molecule has 2 rings (SSSR count). The minimum absolute atomic E-state index is 0.386. The van der Waals surface area contributed by atoms with Crippen LogP contribution >= 0.6 is 41.7 Å². The van der Waals surface area contributed by atoms with Crippen molar-refractivity contribution in [3.05, 3.63) is 41.2 Å². The fraction of sp³-hybridized carbons (Fsp3) is 0. The van der Waals surface area contributed by atoms with Gasteiger partial charge < -0.3 is 0 Å². The molecule has 2 aromatic heterocycles. The van der Waals surface area contributed by atoms with Gasteiger partial charge >= 0.3 is 0 Å². The molecule has 0 saturated heterocycles. The normalized spacial score (nSPS) is 9.82. The van der Waals surface area contributed by atoms with Gasteiger partial charge in [-0.15, -0.1) is 0 Å². The number of hydrogen-bond donors (Lipinski definition) is 0. The maximum Gasteiger partial charge on any atom is 0.212 e. The van der Waals surface area contributed by atoms with Crippen LogP contribution < -0.4 is 0 Å². The van der Waals surface area contributed by atoms with Crippen molar-refractivity contribution in [3.63, 3.8) is 0 Å². The van der Waals surface area contributed by atoms with Crippen molar-refractivity contribution in [3.8, 4) is 16.9 Å². The van der Waals surface area contributed by atoms with Crippen molar-refractivity contribution in [2.24, 2.45) is 0 Å². The number of hydrogen-bond acceptors (Lipinski definition) is 3. The van der Waals surface area contributed by atoms with E-state index in [1.807, 2.05) is 0 Å². The molecule has 2 aromatic rings. The Kier molecular flexibility index (Phi) is 4.25. The van der Waals surface area contributed by atoms with Gasteiger partial charge in [0.15, 0.2) is 0 Å². The summed E-state index contributed by atoms with van der Waals surface area (Å²) in [6.07, 6.45) is 2.92. The molecule has 0 N–H and O–H groups in total. The molecule has 0 aliphatic heterocycles. The van der Waals surface area contributed by atoms with Gasteiger partial charge in [-0.1, -0.05) is 11.6 Å². The van der Waals surface area contributed by atoms with E-state index in [-0.39, 0.29) is 0 Å². The molecule has 2 heterocycles. The SMILES string of the molecule is Fc1ccc(-n2ncc(C#CSI)c2Cl)cn1. The van der Waals surface area contributed by atoms with Crippen molar-refractivity contribution in [1.82, 2.24) is 14.8 Å². The van der Waals surface area contributed by atoms with Crippen molar-refractivity contribution in [2.75, 3.05) is 0 Å². The highest BCUT2D eigenvalue weighted by Gasteiger charge is 2.08. The van der Waals surface area contributed by atoms with E-state index in [9.17, 15) is 4.39 Å². The number of nitrogens with zero attached hydrogens (tertiary/aromatic N) is 3. The van der Waals surface area contributed by atoms with Gasteiger partial charge in [-0.25, -0.2) is 9.67 Å². The first-order chi connectivity index (χ1) is 8.22. The van der Waals surface area contributed by atoms with E-state index in [4.69, 9.17) is 11.6 Å². The lowest BCUT2D eigenvalue weighted by Gasteiger charge is -2.01. The van der Waals surface area contributed by atoms with Crippen molar-refractivity contribution >= 4 is 41.7 Å². The van der Waals surface area contributed by atoms with Crippen LogP contribution in [0.4, 0.5) is 4.39 Å². The summed E-state index contributed by atoms with van der Waals surface area (Å²) in [6, 6.07) is 2.80. The fourth-order valence-corrected chi connectivity index (χ4v) is 1.88. The summed E-state index contributed by atoms with van der Waals surface area (Å²) in [7, 11) is 1.36. The topological polar surface area (TPSA) is 30.7 Å². The Balaban J connectivity index is 2.40. The second kappa shape index (κ2) is 5.71. The average Bonchev–Trinajstić information content (AvgIpc) is 2.69. The first-order valence-corrected chi connectivity index (χ1v) is 8.10. The van der Waals surface area contributed by atoms with Gasteiger partial charge in [0.25, 0.3) is 0 Å². The fourth-order valence-electron chi connectivity index (χ4n) is 1.16. The third-order valence-electron chi connectivity index (χ3n) is 1.89. The minimum Gasteiger partial charge on any atom is -0.226 e. The smallest absolute Gasteiger partial charge is 0.212 e. The molecular formula is C10H4ClFIN3S. The van der Waals surface area contributed by atoms with E-state index in [0.29, 0.717) is 16.4 Å². The Bertz CT molecular complexity index is 588. The van der Waals surface area contributed by atoms with Crippen LogP contribution in [0.3, 0.4) is 0 Å². The van der Waals surface area contributed by atoms with Crippen LogP contribution in [0, 0.1) is 17.1 Å². The zero-order valence-electron chi connectivity index (χ0n) is 8.19. The second-order valence-corrected chi connectivity index (χ2v) is 4.94. The van der Waals surface area contributed by atoms with Gasteiger partial charge in [0.2, 0.25) is 5.95 Å². The van der Waals surface area contributed by atoms with Gasteiger partial charge in [-0.3, -0.25) is 0 Å². The van der Waals surface area contributed by atoms with Crippen molar-refractivity contribution in [2.45, 2.75) is 0 Å². The molecule has 0 atom stereocenters. The monoisotopic (exact) mass is 379 g/mol. The summed E-state index contributed by atoms with van der Waals surface area (Å²) in [5, 5.41) is 7.28.